The summed E-state index contributed by atoms with van der Waals surface area (Å²) in [6, 6.07) is 9.14. The Morgan fingerprint density at radius 1 is 1.31 bits per heavy atom. The summed E-state index contributed by atoms with van der Waals surface area (Å²) >= 11 is 0. The van der Waals surface area contributed by atoms with Gasteiger partial charge in [0.15, 0.2) is 0 Å². The second-order valence-electron chi connectivity index (χ2n) is 2.48. The van der Waals surface area contributed by atoms with E-state index >= 15 is 0 Å². The zero-order chi connectivity index (χ0) is 9.52. The Morgan fingerprint density at radius 3 is 2.62 bits per heavy atom. The van der Waals surface area contributed by atoms with Gasteiger partial charge < -0.3 is 4.52 Å². The predicted octanol–water partition coefficient (Wildman–Crippen LogP) is 3.28. The highest BCUT2D eigenvalue weighted by Crippen LogP contribution is 2.25. The molecule has 70 valence electrons. The summed E-state index contributed by atoms with van der Waals surface area (Å²) in [5, 5.41) is 9.25. The molecule has 1 atom stereocenters. The monoisotopic (exact) mass is 197 g/mol. The molecule has 13 heavy (non-hydrogen) atoms. The minimum atomic E-state index is -1.76. The van der Waals surface area contributed by atoms with E-state index in [1.54, 1.807) is 12.1 Å². The number of hydrogen-bond donors (Lipinski definition) is 0. The molecule has 0 spiro atoms. The van der Waals surface area contributed by atoms with Gasteiger partial charge in [-0.05, 0) is 18.6 Å². The van der Waals surface area contributed by atoms with Crippen LogP contribution >= 0.6 is 8.01 Å². The average molecular weight is 197 g/mol. The normalized spacial score (nSPS) is 10.9. The van der Waals surface area contributed by atoms with Crippen molar-refractivity contribution in [1.29, 1.82) is 5.00 Å². The first kappa shape index (κ1) is 10.1. The molecule has 4 heteroatoms. The van der Waals surface area contributed by atoms with Crippen molar-refractivity contribution in [2.24, 2.45) is 0 Å². The first-order valence-electron chi connectivity index (χ1n) is 4.18. The van der Waals surface area contributed by atoms with Gasteiger partial charge in [-0.2, -0.15) is 5.00 Å². The highest BCUT2D eigenvalue weighted by atomic mass is 31.1. The minimum absolute atomic E-state index is 0.523. The van der Waals surface area contributed by atoms with Crippen LogP contribution in [0.2, 0.25) is 0 Å². The Bertz CT molecular complexity index is 304. The fourth-order valence-corrected chi connectivity index (χ4v) is 1.46. The third-order valence-electron chi connectivity index (χ3n) is 1.33. The molecule has 0 aliphatic heterocycles. The SMILES string of the molecule is CCCOP(#N)Oc1ccccc1. The van der Waals surface area contributed by atoms with Crippen molar-refractivity contribution in [3.05, 3.63) is 30.3 Å². The predicted molar refractivity (Wildman–Crippen MR) is 52.0 cm³/mol. The van der Waals surface area contributed by atoms with Gasteiger partial charge in [0, 0.05) is 0 Å². The van der Waals surface area contributed by atoms with Gasteiger partial charge in [0.05, 0.1) is 6.61 Å². The summed E-state index contributed by atoms with van der Waals surface area (Å²) in [5.41, 5.74) is 0. The van der Waals surface area contributed by atoms with Crippen LogP contribution in [0.3, 0.4) is 0 Å². The van der Waals surface area contributed by atoms with Crippen LogP contribution in [0.25, 0.3) is 0 Å². The Labute approximate surface area is 78.8 Å². The van der Waals surface area contributed by atoms with Crippen molar-refractivity contribution < 1.29 is 9.05 Å². The van der Waals surface area contributed by atoms with Crippen molar-refractivity contribution >= 4 is 8.01 Å². The number of para-hydroxylation sites is 1. The number of nitrogens with zero attached hydrogens (tertiary/aromatic N) is 1. The molecule has 1 aromatic carbocycles. The zero-order valence-electron chi connectivity index (χ0n) is 7.51. The Hall–Kier alpha value is -1.01. The fourth-order valence-electron chi connectivity index (χ4n) is 0.767. The van der Waals surface area contributed by atoms with Gasteiger partial charge >= 0.3 is 8.01 Å². The van der Waals surface area contributed by atoms with Gasteiger partial charge in [0.1, 0.15) is 5.75 Å². The van der Waals surface area contributed by atoms with Crippen LogP contribution in [0, 0.1) is 5.00 Å². The second kappa shape index (κ2) is 5.60. The average Bonchev–Trinajstić information content (AvgIpc) is 2.16. The van der Waals surface area contributed by atoms with E-state index in [-0.39, 0.29) is 0 Å². The van der Waals surface area contributed by atoms with Gasteiger partial charge in [0.25, 0.3) is 0 Å². The Balaban J connectivity index is 2.38. The zero-order valence-corrected chi connectivity index (χ0v) is 8.41. The van der Waals surface area contributed by atoms with E-state index in [0.29, 0.717) is 12.4 Å². The van der Waals surface area contributed by atoms with Gasteiger partial charge in [-0.1, -0.05) is 25.1 Å². The Kier molecular flexibility index (Phi) is 4.34. The first-order valence-corrected chi connectivity index (χ1v) is 5.31. The summed E-state index contributed by atoms with van der Waals surface area (Å²) in [6.45, 7) is 2.50. The summed E-state index contributed by atoms with van der Waals surface area (Å²) in [6.07, 6.45) is 0.873. The van der Waals surface area contributed by atoms with E-state index in [9.17, 15) is 5.00 Å². The molecule has 0 fully saturated rings. The van der Waals surface area contributed by atoms with E-state index in [0.717, 1.165) is 6.42 Å². The molecule has 1 aromatic rings. The summed E-state index contributed by atoms with van der Waals surface area (Å²) in [4.78, 5) is 0. The van der Waals surface area contributed by atoms with Gasteiger partial charge in [-0.3, -0.25) is 4.52 Å². The molecular weight excluding hydrogens is 185 g/mol. The van der Waals surface area contributed by atoms with Gasteiger partial charge in [0.2, 0.25) is 0 Å². The summed E-state index contributed by atoms with van der Waals surface area (Å²) < 4.78 is 10.1. The molecule has 0 radical (unpaired) electrons. The van der Waals surface area contributed by atoms with Crippen LogP contribution < -0.4 is 4.52 Å². The first-order chi connectivity index (χ1) is 6.33. The largest absolute Gasteiger partial charge is 0.402 e. The van der Waals surface area contributed by atoms with Crippen molar-refractivity contribution in [3.8, 4) is 5.75 Å². The van der Waals surface area contributed by atoms with E-state index < -0.39 is 8.01 Å². The molecule has 0 bridgehead atoms. The van der Waals surface area contributed by atoms with E-state index in [1.807, 2.05) is 25.1 Å². The molecule has 0 saturated carbocycles. The highest BCUT2D eigenvalue weighted by Gasteiger charge is 1.99. The lowest BCUT2D eigenvalue weighted by Gasteiger charge is -2.01. The molecule has 0 saturated heterocycles. The summed E-state index contributed by atoms with van der Waals surface area (Å²) in [5.74, 6) is 0.632. The quantitative estimate of drug-likeness (QED) is 0.698. The van der Waals surface area contributed by atoms with Crippen molar-refractivity contribution in [2.75, 3.05) is 6.61 Å². The molecule has 0 amide bonds. The van der Waals surface area contributed by atoms with Crippen molar-refractivity contribution in [2.45, 2.75) is 13.3 Å². The lowest BCUT2D eigenvalue weighted by atomic mass is 10.3. The number of benzene rings is 1. The molecule has 3 nitrogen and oxygen atoms in total. The van der Waals surface area contributed by atoms with Crippen LogP contribution in [0.1, 0.15) is 13.3 Å². The van der Waals surface area contributed by atoms with Crippen molar-refractivity contribution in [3.63, 3.8) is 0 Å². The maximum absolute atomic E-state index is 9.25. The van der Waals surface area contributed by atoms with Crippen molar-refractivity contribution in [1.82, 2.24) is 0 Å². The number of hydrogen-bond acceptors (Lipinski definition) is 3. The molecule has 0 aromatic heterocycles. The van der Waals surface area contributed by atoms with Crippen LogP contribution in [-0.4, -0.2) is 6.61 Å². The highest BCUT2D eigenvalue weighted by molar-refractivity contribution is 7.32. The molecule has 1 rings (SSSR count). The standard InChI is InChI=1S/C9H12NO2P/c1-2-8-11-13(10)12-9-6-4-3-5-7-9/h3-7H,2,8H2,1H3. The molecule has 1 unspecified atom stereocenters. The molecule has 0 aliphatic carbocycles. The molecule has 0 N–H and O–H groups in total. The molecule has 0 aliphatic rings. The minimum Gasteiger partial charge on any atom is -0.402 e. The second-order valence-corrected chi connectivity index (χ2v) is 3.39. The topological polar surface area (TPSA) is 42.2 Å². The number of rotatable bonds is 3. The summed E-state index contributed by atoms with van der Waals surface area (Å²) in [7, 11) is -1.76. The fraction of sp³-hybridized carbons (Fsp3) is 0.333. The lowest BCUT2D eigenvalue weighted by molar-refractivity contribution is 0.322. The third-order valence-corrected chi connectivity index (χ3v) is 2.10. The third kappa shape index (κ3) is 3.95. The van der Waals surface area contributed by atoms with Crippen LogP contribution in [0.4, 0.5) is 0 Å². The maximum atomic E-state index is 9.25. The lowest BCUT2D eigenvalue weighted by Crippen LogP contribution is -1.86. The Morgan fingerprint density at radius 2 is 2.00 bits per heavy atom. The van der Waals surface area contributed by atoms with E-state index in [1.165, 1.54) is 0 Å². The van der Waals surface area contributed by atoms with Crippen LogP contribution in [-0.2, 0) is 4.52 Å². The van der Waals surface area contributed by atoms with E-state index in [4.69, 9.17) is 9.05 Å². The van der Waals surface area contributed by atoms with Crippen LogP contribution in [0.5, 0.6) is 5.75 Å². The molecular formula is C9H12NO2P. The van der Waals surface area contributed by atoms with Crippen LogP contribution in [0.15, 0.2) is 30.3 Å². The smallest absolute Gasteiger partial charge is 0.396 e. The maximum Gasteiger partial charge on any atom is 0.396 e. The van der Waals surface area contributed by atoms with E-state index in [2.05, 4.69) is 0 Å². The van der Waals surface area contributed by atoms with Gasteiger partial charge in [-0.15, -0.1) is 0 Å². The molecule has 0 heterocycles. The van der Waals surface area contributed by atoms with Gasteiger partial charge in [-0.25, -0.2) is 0 Å².